The molecule has 6 heteroatoms. The summed E-state index contributed by atoms with van der Waals surface area (Å²) >= 11 is 6.30. The maximum atomic E-state index is 8.86. The third kappa shape index (κ3) is 3.14. The molecule has 2 aromatic rings. The standard InChI is InChI=1S/C17H17ClN4O/c1-17(2)11-23-15(13-5-3-4-6-14(13)18)10-22(17)16-9-20-12(7-19)8-21-16/h3-6,8-9,15H,10-11H2,1-2H3/t15-/m0/s1. The van der Waals surface area contributed by atoms with E-state index in [-0.39, 0.29) is 11.6 Å². The zero-order valence-corrected chi connectivity index (χ0v) is 13.8. The molecule has 1 aliphatic rings. The first-order chi connectivity index (χ1) is 11.0. The number of rotatable bonds is 2. The first-order valence-corrected chi connectivity index (χ1v) is 7.75. The van der Waals surface area contributed by atoms with Gasteiger partial charge in [-0.2, -0.15) is 5.26 Å². The summed E-state index contributed by atoms with van der Waals surface area (Å²) in [5.41, 5.74) is 1.05. The topological polar surface area (TPSA) is 62.0 Å². The van der Waals surface area contributed by atoms with Crippen molar-refractivity contribution in [2.24, 2.45) is 0 Å². The zero-order valence-electron chi connectivity index (χ0n) is 13.0. The Kier molecular flexibility index (Phi) is 4.20. The van der Waals surface area contributed by atoms with Gasteiger partial charge in [0, 0.05) is 10.6 Å². The van der Waals surface area contributed by atoms with E-state index in [9.17, 15) is 0 Å². The van der Waals surface area contributed by atoms with Crippen LogP contribution in [-0.2, 0) is 4.74 Å². The largest absolute Gasteiger partial charge is 0.369 e. The molecule has 1 aliphatic heterocycles. The van der Waals surface area contributed by atoms with Crippen LogP contribution >= 0.6 is 11.6 Å². The van der Waals surface area contributed by atoms with E-state index in [0.717, 1.165) is 11.4 Å². The first-order valence-electron chi connectivity index (χ1n) is 7.37. The van der Waals surface area contributed by atoms with Gasteiger partial charge in [0.2, 0.25) is 0 Å². The summed E-state index contributed by atoms with van der Waals surface area (Å²) in [6.07, 6.45) is 3.00. The molecule has 1 fully saturated rings. The lowest BCUT2D eigenvalue weighted by Crippen LogP contribution is -2.54. The van der Waals surface area contributed by atoms with Crippen LogP contribution in [0.2, 0.25) is 5.02 Å². The SMILES string of the molecule is CC1(C)CO[C@H](c2ccccc2Cl)CN1c1cnc(C#N)cn1. The lowest BCUT2D eigenvalue weighted by atomic mass is 9.98. The Hall–Kier alpha value is -2.16. The van der Waals surface area contributed by atoms with Gasteiger partial charge in [-0.25, -0.2) is 9.97 Å². The minimum Gasteiger partial charge on any atom is -0.369 e. The van der Waals surface area contributed by atoms with Crippen LogP contribution in [0, 0.1) is 11.3 Å². The Morgan fingerprint density at radius 2 is 2.09 bits per heavy atom. The van der Waals surface area contributed by atoms with Crippen molar-refractivity contribution in [1.29, 1.82) is 5.26 Å². The number of ether oxygens (including phenoxy) is 1. The number of nitriles is 1. The van der Waals surface area contributed by atoms with Crippen LogP contribution in [0.3, 0.4) is 0 Å². The van der Waals surface area contributed by atoms with Crippen molar-refractivity contribution in [2.45, 2.75) is 25.5 Å². The molecule has 0 radical (unpaired) electrons. The molecule has 0 aliphatic carbocycles. The lowest BCUT2D eigenvalue weighted by Gasteiger charge is -2.46. The number of aromatic nitrogens is 2. The van der Waals surface area contributed by atoms with E-state index in [1.54, 1.807) is 6.20 Å². The highest BCUT2D eigenvalue weighted by Crippen LogP contribution is 2.35. The number of anilines is 1. The molecule has 2 heterocycles. The first kappa shape index (κ1) is 15.7. The molecule has 0 saturated carbocycles. The summed E-state index contributed by atoms with van der Waals surface area (Å²) in [5.74, 6) is 0.731. The molecule has 23 heavy (non-hydrogen) atoms. The van der Waals surface area contributed by atoms with Crippen LogP contribution in [0.1, 0.15) is 31.2 Å². The van der Waals surface area contributed by atoms with Crippen molar-refractivity contribution < 1.29 is 4.74 Å². The number of morpholine rings is 1. The molecule has 1 aromatic carbocycles. The Morgan fingerprint density at radius 1 is 1.30 bits per heavy atom. The molecule has 5 nitrogen and oxygen atoms in total. The van der Waals surface area contributed by atoms with E-state index in [0.29, 0.717) is 23.9 Å². The molecule has 1 saturated heterocycles. The lowest BCUT2D eigenvalue weighted by molar-refractivity contribution is -0.00517. The van der Waals surface area contributed by atoms with E-state index in [1.807, 2.05) is 30.3 Å². The maximum absolute atomic E-state index is 8.86. The van der Waals surface area contributed by atoms with Gasteiger partial charge in [-0.05, 0) is 19.9 Å². The van der Waals surface area contributed by atoms with Gasteiger partial charge in [0.05, 0.1) is 31.1 Å². The summed E-state index contributed by atoms with van der Waals surface area (Å²) in [4.78, 5) is 10.6. The van der Waals surface area contributed by atoms with Crippen LogP contribution in [0.25, 0.3) is 0 Å². The van der Waals surface area contributed by atoms with E-state index in [4.69, 9.17) is 21.6 Å². The second-order valence-corrected chi connectivity index (χ2v) is 6.52. The minimum atomic E-state index is -0.222. The summed E-state index contributed by atoms with van der Waals surface area (Å²) in [7, 11) is 0. The summed E-state index contributed by atoms with van der Waals surface area (Å²) in [5, 5.41) is 9.56. The Morgan fingerprint density at radius 3 is 2.74 bits per heavy atom. The molecule has 0 N–H and O–H groups in total. The fraction of sp³-hybridized carbons (Fsp3) is 0.353. The number of hydrogen-bond donors (Lipinski definition) is 0. The quantitative estimate of drug-likeness (QED) is 0.846. The normalized spacial score (nSPS) is 20.1. The Labute approximate surface area is 140 Å². The predicted molar refractivity (Wildman–Crippen MR) is 88.3 cm³/mol. The number of halogens is 1. The predicted octanol–water partition coefficient (Wildman–Crippen LogP) is 3.36. The second-order valence-electron chi connectivity index (χ2n) is 6.12. The van der Waals surface area contributed by atoms with Crippen molar-refractivity contribution in [3.05, 3.63) is 52.9 Å². The van der Waals surface area contributed by atoms with Crippen molar-refractivity contribution in [2.75, 3.05) is 18.1 Å². The van der Waals surface area contributed by atoms with Crippen LogP contribution in [0.4, 0.5) is 5.82 Å². The van der Waals surface area contributed by atoms with Gasteiger partial charge in [-0.3, -0.25) is 0 Å². The molecule has 0 bridgehead atoms. The molecule has 0 unspecified atom stereocenters. The van der Waals surface area contributed by atoms with E-state index < -0.39 is 0 Å². The third-order valence-corrected chi connectivity index (χ3v) is 4.34. The summed E-state index contributed by atoms with van der Waals surface area (Å²) in [6, 6.07) is 9.69. The third-order valence-electron chi connectivity index (χ3n) is 4.00. The maximum Gasteiger partial charge on any atom is 0.158 e. The van der Waals surface area contributed by atoms with Crippen LogP contribution < -0.4 is 4.90 Å². The van der Waals surface area contributed by atoms with Gasteiger partial charge in [0.25, 0.3) is 0 Å². The molecular formula is C17H17ClN4O. The Balaban J connectivity index is 1.90. The highest BCUT2D eigenvalue weighted by atomic mass is 35.5. The van der Waals surface area contributed by atoms with Crippen molar-refractivity contribution >= 4 is 17.4 Å². The zero-order chi connectivity index (χ0) is 16.4. The van der Waals surface area contributed by atoms with Crippen molar-refractivity contribution in [3.8, 4) is 6.07 Å². The Bertz CT molecular complexity index is 739. The minimum absolute atomic E-state index is 0.130. The van der Waals surface area contributed by atoms with Crippen LogP contribution in [0.5, 0.6) is 0 Å². The summed E-state index contributed by atoms with van der Waals surface area (Å²) in [6.45, 7) is 5.35. The number of benzene rings is 1. The van der Waals surface area contributed by atoms with Gasteiger partial charge < -0.3 is 9.64 Å². The van der Waals surface area contributed by atoms with Crippen LogP contribution in [-0.4, -0.2) is 28.7 Å². The van der Waals surface area contributed by atoms with Gasteiger partial charge >= 0.3 is 0 Å². The van der Waals surface area contributed by atoms with Gasteiger partial charge in [0.1, 0.15) is 18.0 Å². The van der Waals surface area contributed by atoms with Gasteiger partial charge in [-0.15, -0.1) is 0 Å². The molecule has 0 amide bonds. The van der Waals surface area contributed by atoms with E-state index in [2.05, 4.69) is 28.7 Å². The van der Waals surface area contributed by atoms with Crippen molar-refractivity contribution in [3.63, 3.8) is 0 Å². The van der Waals surface area contributed by atoms with Gasteiger partial charge in [0.15, 0.2) is 5.69 Å². The highest BCUT2D eigenvalue weighted by molar-refractivity contribution is 6.31. The number of nitrogens with zero attached hydrogens (tertiary/aromatic N) is 4. The number of hydrogen-bond acceptors (Lipinski definition) is 5. The van der Waals surface area contributed by atoms with Crippen molar-refractivity contribution in [1.82, 2.24) is 9.97 Å². The fourth-order valence-electron chi connectivity index (χ4n) is 2.69. The fourth-order valence-corrected chi connectivity index (χ4v) is 2.95. The highest BCUT2D eigenvalue weighted by Gasteiger charge is 2.37. The summed E-state index contributed by atoms with van der Waals surface area (Å²) < 4.78 is 6.03. The van der Waals surface area contributed by atoms with Crippen LogP contribution in [0.15, 0.2) is 36.7 Å². The molecule has 0 spiro atoms. The molecule has 1 aromatic heterocycles. The van der Waals surface area contributed by atoms with Gasteiger partial charge in [-0.1, -0.05) is 29.8 Å². The average Bonchev–Trinajstić information content (AvgIpc) is 2.56. The van der Waals surface area contributed by atoms with E-state index >= 15 is 0 Å². The smallest absolute Gasteiger partial charge is 0.158 e. The molecule has 3 rings (SSSR count). The van der Waals surface area contributed by atoms with E-state index in [1.165, 1.54) is 6.20 Å². The molecule has 118 valence electrons. The second kappa shape index (κ2) is 6.15. The molecular weight excluding hydrogens is 312 g/mol. The monoisotopic (exact) mass is 328 g/mol. The molecule has 1 atom stereocenters. The average molecular weight is 329 g/mol.